The Hall–Kier alpha value is -0.960. The van der Waals surface area contributed by atoms with Gasteiger partial charge in [0.05, 0.1) is 26.1 Å². The van der Waals surface area contributed by atoms with Gasteiger partial charge in [-0.05, 0) is 30.5 Å². The Morgan fingerprint density at radius 3 is 2.91 bits per heavy atom. The normalized spacial score (nSPS) is 11.2. The maximum atomic E-state index is 5.47. The van der Waals surface area contributed by atoms with Gasteiger partial charge in [0.25, 0.3) is 0 Å². The smallest absolute Gasteiger partial charge is 0.218 e. The highest BCUT2D eigenvalue weighted by atomic mass is 32.2. The Balaban J connectivity index is 1.92. The molecule has 6 nitrogen and oxygen atoms in total. The molecule has 0 radical (unpaired) electrons. The lowest BCUT2D eigenvalue weighted by Gasteiger charge is -2.04. The fraction of sp³-hybridized carbons (Fsp3) is 0.571. The van der Waals surface area contributed by atoms with Gasteiger partial charge in [0.1, 0.15) is 0 Å². The van der Waals surface area contributed by atoms with Gasteiger partial charge < -0.3 is 13.9 Å². The highest BCUT2D eigenvalue weighted by molar-refractivity contribution is 8.01. The molecule has 0 amide bonds. The van der Waals surface area contributed by atoms with Crippen LogP contribution in [0.4, 0.5) is 0 Å². The average molecular weight is 343 g/mol. The van der Waals surface area contributed by atoms with Crippen LogP contribution in [0.25, 0.3) is 11.6 Å². The molecule has 0 N–H and O–H groups in total. The molecular formula is C14H21N3O3S2. The van der Waals surface area contributed by atoms with Gasteiger partial charge in [-0.15, -0.1) is 5.10 Å². The third kappa shape index (κ3) is 5.35. The molecule has 0 aliphatic carbocycles. The number of rotatable bonds is 11. The van der Waals surface area contributed by atoms with Gasteiger partial charge in [-0.2, -0.15) is 9.07 Å². The number of hydrogen-bond donors (Lipinski definition) is 0. The Bertz CT molecular complexity index is 531. The van der Waals surface area contributed by atoms with Crippen molar-refractivity contribution in [3.05, 3.63) is 18.4 Å². The van der Waals surface area contributed by atoms with Gasteiger partial charge in [-0.25, -0.2) is 0 Å². The van der Waals surface area contributed by atoms with Crippen LogP contribution >= 0.6 is 23.7 Å². The summed E-state index contributed by atoms with van der Waals surface area (Å²) in [4.78, 5) is 4.56. The molecule has 2 aromatic rings. The largest absolute Gasteiger partial charge is 0.461 e. The Morgan fingerprint density at radius 2 is 2.18 bits per heavy atom. The van der Waals surface area contributed by atoms with Crippen molar-refractivity contribution in [2.24, 2.45) is 0 Å². The monoisotopic (exact) mass is 343 g/mol. The molecule has 122 valence electrons. The van der Waals surface area contributed by atoms with Crippen LogP contribution in [0.2, 0.25) is 0 Å². The van der Waals surface area contributed by atoms with Crippen molar-refractivity contribution < 1.29 is 13.9 Å². The van der Waals surface area contributed by atoms with Crippen molar-refractivity contribution >= 4 is 23.7 Å². The first-order valence-corrected chi connectivity index (χ1v) is 9.11. The van der Waals surface area contributed by atoms with E-state index in [1.807, 2.05) is 16.2 Å². The zero-order valence-electron chi connectivity index (χ0n) is 12.9. The first kappa shape index (κ1) is 17.4. The van der Waals surface area contributed by atoms with Crippen LogP contribution in [0, 0.1) is 0 Å². The quantitative estimate of drug-likeness (QED) is 0.458. The number of hydrogen-bond acceptors (Lipinski definition) is 7. The minimum atomic E-state index is 0.617. The molecule has 0 atom stereocenters. The van der Waals surface area contributed by atoms with E-state index in [0.29, 0.717) is 31.4 Å². The minimum absolute atomic E-state index is 0.617. The van der Waals surface area contributed by atoms with Gasteiger partial charge in [0.2, 0.25) is 5.82 Å². The number of thioether (sulfide) groups is 1. The van der Waals surface area contributed by atoms with Crippen LogP contribution in [-0.2, 0) is 9.47 Å². The van der Waals surface area contributed by atoms with Crippen LogP contribution in [0.5, 0.6) is 0 Å². The van der Waals surface area contributed by atoms with E-state index in [9.17, 15) is 0 Å². The van der Waals surface area contributed by atoms with Crippen molar-refractivity contribution in [3.8, 4) is 11.6 Å². The number of aromatic nitrogens is 3. The Kier molecular flexibility index (Phi) is 7.86. The lowest BCUT2D eigenvalue weighted by Crippen LogP contribution is -2.05. The summed E-state index contributed by atoms with van der Waals surface area (Å²) in [6.07, 6.45) is 2.72. The second-order valence-electron chi connectivity index (χ2n) is 4.36. The van der Waals surface area contributed by atoms with Crippen molar-refractivity contribution in [2.75, 3.05) is 38.4 Å². The molecule has 2 aromatic heterocycles. The first-order valence-electron chi connectivity index (χ1n) is 7.19. The Labute approximate surface area is 139 Å². The summed E-state index contributed by atoms with van der Waals surface area (Å²) >= 11 is 3.29. The Morgan fingerprint density at radius 1 is 1.27 bits per heavy atom. The van der Waals surface area contributed by atoms with E-state index in [1.54, 1.807) is 37.1 Å². The molecule has 2 rings (SSSR count). The van der Waals surface area contributed by atoms with E-state index in [4.69, 9.17) is 13.9 Å². The van der Waals surface area contributed by atoms with Crippen molar-refractivity contribution in [2.45, 2.75) is 18.5 Å². The summed E-state index contributed by atoms with van der Waals surface area (Å²) in [6.45, 7) is 4.05. The number of nitrogens with zero attached hydrogens (tertiary/aromatic N) is 3. The highest BCUT2D eigenvalue weighted by Crippen LogP contribution is 2.25. The molecule has 8 heteroatoms. The fourth-order valence-electron chi connectivity index (χ4n) is 1.58. The molecule has 0 saturated heterocycles. The minimum Gasteiger partial charge on any atom is -0.461 e. The molecule has 0 aliphatic heterocycles. The topological polar surface area (TPSA) is 62.3 Å². The molecule has 22 heavy (non-hydrogen) atoms. The zero-order valence-corrected chi connectivity index (χ0v) is 14.5. The molecule has 0 saturated carbocycles. The van der Waals surface area contributed by atoms with Crippen LogP contribution in [0.3, 0.4) is 0 Å². The second kappa shape index (κ2) is 9.94. The summed E-state index contributed by atoms with van der Waals surface area (Å²) in [6, 6.07) is 3.71. The van der Waals surface area contributed by atoms with E-state index in [-0.39, 0.29) is 0 Å². The zero-order chi connectivity index (χ0) is 15.6. The number of ether oxygens (including phenoxy) is 2. The molecule has 0 aromatic carbocycles. The molecule has 0 fully saturated rings. The molecule has 0 unspecified atom stereocenters. The van der Waals surface area contributed by atoms with E-state index in [1.165, 1.54) is 0 Å². The van der Waals surface area contributed by atoms with Gasteiger partial charge >= 0.3 is 0 Å². The molecular weight excluding hydrogens is 322 g/mol. The van der Waals surface area contributed by atoms with E-state index < -0.39 is 0 Å². The van der Waals surface area contributed by atoms with Crippen molar-refractivity contribution in [1.82, 2.24) is 14.2 Å². The summed E-state index contributed by atoms with van der Waals surface area (Å²) in [5, 5.41) is 5.39. The summed E-state index contributed by atoms with van der Waals surface area (Å²) in [5.74, 6) is 3.14. The predicted octanol–water partition coefficient (Wildman–Crippen LogP) is 3.20. The van der Waals surface area contributed by atoms with E-state index in [2.05, 4.69) is 17.0 Å². The number of furan rings is 1. The van der Waals surface area contributed by atoms with Crippen molar-refractivity contribution in [3.63, 3.8) is 0 Å². The van der Waals surface area contributed by atoms with Gasteiger partial charge in [0, 0.05) is 18.6 Å². The lowest BCUT2D eigenvalue weighted by molar-refractivity contribution is 0.0790. The van der Waals surface area contributed by atoms with Gasteiger partial charge in [0.15, 0.2) is 10.9 Å². The van der Waals surface area contributed by atoms with Crippen LogP contribution in [0.15, 0.2) is 28.0 Å². The SMILES string of the molecule is CCCSn1nc(-c2ccco2)nc1SCCOCCOC. The summed E-state index contributed by atoms with van der Waals surface area (Å²) < 4.78 is 17.7. The summed E-state index contributed by atoms with van der Waals surface area (Å²) in [5.41, 5.74) is 0. The summed E-state index contributed by atoms with van der Waals surface area (Å²) in [7, 11) is 1.67. The van der Waals surface area contributed by atoms with Gasteiger partial charge in [-0.3, -0.25) is 0 Å². The third-order valence-electron chi connectivity index (χ3n) is 2.60. The first-order chi connectivity index (χ1) is 10.8. The molecule has 2 heterocycles. The number of methoxy groups -OCH3 is 1. The maximum absolute atomic E-state index is 5.47. The standard InChI is InChI=1S/C14H21N3O3S2/c1-3-10-22-17-14(21-11-9-19-8-7-18-2)15-13(16-17)12-5-4-6-20-12/h4-6H,3,7-11H2,1-2H3. The predicted molar refractivity (Wildman–Crippen MR) is 89.3 cm³/mol. The lowest BCUT2D eigenvalue weighted by atomic mass is 10.4. The molecule has 0 bridgehead atoms. The van der Waals surface area contributed by atoms with Crippen LogP contribution < -0.4 is 0 Å². The third-order valence-corrected chi connectivity index (χ3v) is 4.70. The van der Waals surface area contributed by atoms with Crippen molar-refractivity contribution in [1.29, 1.82) is 0 Å². The van der Waals surface area contributed by atoms with Crippen LogP contribution in [0.1, 0.15) is 13.3 Å². The van der Waals surface area contributed by atoms with E-state index in [0.717, 1.165) is 23.1 Å². The molecule has 0 spiro atoms. The highest BCUT2D eigenvalue weighted by Gasteiger charge is 2.14. The average Bonchev–Trinajstić information content (AvgIpc) is 3.18. The van der Waals surface area contributed by atoms with Gasteiger partial charge in [-0.1, -0.05) is 18.7 Å². The fourth-order valence-corrected chi connectivity index (χ4v) is 3.22. The molecule has 0 aliphatic rings. The van der Waals surface area contributed by atoms with E-state index >= 15 is 0 Å². The van der Waals surface area contributed by atoms with Crippen LogP contribution in [-0.4, -0.2) is 52.6 Å². The maximum Gasteiger partial charge on any atom is 0.218 e. The second-order valence-corrected chi connectivity index (χ2v) is 6.43.